The third kappa shape index (κ3) is 7.83. The Balaban J connectivity index is 1.78. The van der Waals surface area contributed by atoms with E-state index in [1.807, 2.05) is 36.1 Å². The molecule has 0 saturated carbocycles. The minimum absolute atomic E-state index is 0.144. The molecule has 0 unspecified atom stereocenters. The Morgan fingerprint density at radius 1 is 1.17 bits per heavy atom. The molecule has 0 bridgehead atoms. The molecular formula is C23H31FN2O3. The number of para-hydroxylation sites is 1. The predicted molar refractivity (Wildman–Crippen MR) is 112 cm³/mol. The molecule has 0 aliphatic rings. The van der Waals surface area contributed by atoms with Crippen molar-refractivity contribution in [3.05, 3.63) is 65.5 Å². The second-order valence-electron chi connectivity index (χ2n) is 7.39. The molecule has 158 valence electrons. The molecule has 0 fully saturated rings. The van der Waals surface area contributed by atoms with E-state index in [1.165, 1.54) is 12.1 Å². The fourth-order valence-electron chi connectivity index (χ4n) is 2.99. The first-order chi connectivity index (χ1) is 13.9. The average molecular weight is 403 g/mol. The van der Waals surface area contributed by atoms with Gasteiger partial charge in [-0.1, -0.05) is 51.1 Å². The number of aliphatic hydroxyl groups is 1. The number of nitrogens with zero attached hydrogens (tertiary/aromatic N) is 1. The molecule has 0 aromatic heterocycles. The second kappa shape index (κ2) is 11.5. The number of likely N-dealkylation sites (N-methyl/N-ethyl adjacent to an activating group) is 1. The molecule has 1 amide bonds. The molecule has 29 heavy (non-hydrogen) atoms. The molecule has 5 nitrogen and oxygen atoms in total. The Morgan fingerprint density at radius 3 is 2.52 bits per heavy atom. The molecule has 2 aromatic rings. The summed E-state index contributed by atoms with van der Waals surface area (Å²) in [4.78, 5) is 14.1. The number of aliphatic hydroxyl groups excluding tert-OH is 1. The summed E-state index contributed by atoms with van der Waals surface area (Å²) >= 11 is 0. The third-order valence-corrected chi connectivity index (χ3v) is 4.66. The summed E-state index contributed by atoms with van der Waals surface area (Å²) in [6.45, 7) is 7.79. The van der Waals surface area contributed by atoms with Crippen LogP contribution in [0, 0.1) is 5.82 Å². The number of benzene rings is 2. The highest BCUT2D eigenvalue weighted by atomic mass is 19.1. The molecule has 0 aliphatic carbocycles. The highest BCUT2D eigenvalue weighted by molar-refractivity contribution is 5.78. The van der Waals surface area contributed by atoms with Gasteiger partial charge in [0.05, 0.1) is 6.54 Å². The maximum Gasteiger partial charge on any atom is 0.234 e. The van der Waals surface area contributed by atoms with Gasteiger partial charge >= 0.3 is 0 Å². The number of ether oxygens (including phenoxy) is 1. The summed E-state index contributed by atoms with van der Waals surface area (Å²) in [6, 6.07) is 13.8. The van der Waals surface area contributed by atoms with Crippen molar-refractivity contribution in [2.75, 3.05) is 26.2 Å². The van der Waals surface area contributed by atoms with E-state index in [0.717, 1.165) is 16.9 Å². The number of hydrogen-bond donors (Lipinski definition) is 2. The molecule has 2 aromatic carbocycles. The standard InChI is InChI=1S/C23H31FN2O3/c1-4-26(15-23(28)25-13-18-9-11-19(24)12-10-18)14-20(27)16-29-22-8-6-5-7-21(22)17(2)3/h5-12,17,20,27H,4,13-16H2,1-3H3,(H,25,28)/t20-/m0/s1. The smallest absolute Gasteiger partial charge is 0.234 e. The monoisotopic (exact) mass is 402 g/mol. The lowest BCUT2D eigenvalue weighted by Crippen LogP contribution is -2.42. The van der Waals surface area contributed by atoms with Crippen molar-refractivity contribution < 1.29 is 19.0 Å². The number of amides is 1. The molecule has 0 spiro atoms. The highest BCUT2D eigenvalue weighted by Gasteiger charge is 2.15. The van der Waals surface area contributed by atoms with Crippen LogP contribution in [0.15, 0.2) is 48.5 Å². The van der Waals surface area contributed by atoms with Gasteiger partial charge in [0.2, 0.25) is 5.91 Å². The van der Waals surface area contributed by atoms with Crippen LogP contribution in [-0.4, -0.2) is 48.3 Å². The van der Waals surface area contributed by atoms with E-state index in [1.54, 1.807) is 12.1 Å². The number of halogens is 1. The van der Waals surface area contributed by atoms with E-state index in [2.05, 4.69) is 19.2 Å². The van der Waals surface area contributed by atoms with E-state index in [4.69, 9.17) is 4.74 Å². The Labute approximate surface area is 172 Å². The second-order valence-corrected chi connectivity index (χ2v) is 7.39. The summed E-state index contributed by atoms with van der Waals surface area (Å²) in [7, 11) is 0. The topological polar surface area (TPSA) is 61.8 Å². The van der Waals surface area contributed by atoms with E-state index < -0.39 is 6.10 Å². The molecule has 0 radical (unpaired) electrons. The number of nitrogens with one attached hydrogen (secondary N) is 1. The summed E-state index contributed by atoms with van der Waals surface area (Å²) in [6.07, 6.45) is -0.708. The number of rotatable bonds is 11. The maximum atomic E-state index is 12.9. The van der Waals surface area contributed by atoms with Gasteiger partial charge in [-0.3, -0.25) is 9.69 Å². The van der Waals surface area contributed by atoms with Crippen LogP contribution in [0.2, 0.25) is 0 Å². The molecule has 6 heteroatoms. The van der Waals surface area contributed by atoms with Crippen molar-refractivity contribution in [2.45, 2.75) is 39.3 Å². The van der Waals surface area contributed by atoms with Gasteiger partial charge in [0.25, 0.3) is 0 Å². The molecule has 2 N–H and O–H groups in total. The summed E-state index contributed by atoms with van der Waals surface area (Å²) in [5.41, 5.74) is 1.94. The van der Waals surface area contributed by atoms with Gasteiger partial charge < -0.3 is 15.2 Å². The molecule has 0 aliphatic heterocycles. The maximum absolute atomic E-state index is 12.9. The average Bonchev–Trinajstić information content (AvgIpc) is 2.71. The minimum atomic E-state index is -0.708. The van der Waals surface area contributed by atoms with Gasteiger partial charge in [0, 0.05) is 13.1 Å². The van der Waals surface area contributed by atoms with Crippen molar-refractivity contribution in [3.63, 3.8) is 0 Å². The number of carbonyl (C=O) groups is 1. The lowest BCUT2D eigenvalue weighted by molar-refractivity contribution is -0.122. The van der Waals surface area contributed by atoms with E-state index >= 15 is 0 Å². The van der Waals surface area contributed by atoms with Crippen molar-refractivity contribution in [1.82, 2.24) is 10.2 Å². The van der Waals surface area contributed by atoms with E-state index in [0.29, 0.717) is 25.6 Å². The zero-order chi connectivity index (χ0) is 21.2. The van der Waals surface area contributed by atoms with Crippen LogP contribution >= 0.6 is 0 Å². The molecule has 2 rings (SSSR count). The van der Waals surface area contributed by atoms with Crippen LogP contribution in [-0.2, 0) is 11.3 Å². The number of hydrogen-bond acceptors (Lipinski definition) is 4. The minimum Gasteiger partial charge on any atom is -0.491 e. The number of carbonyl (C=O) groups excluding carboxylic acids is 1. The first-order valence-electron chi connectivity index (χ1n) is 10.0. The zero-order valence-electron chi connectivity index (χ0n) is 17.4. The van der Waals surface area contributed by atoms with Crippen LogP contribution in [0.1, 0.15) is 37.8 Å². The molecule has 0 saturated heterocycles. The van der Waals surface area contributed by atoms with Gasteiger partial charge in [-0.15, -0.1) is 0 Å². The summed E-state index contributed by atoms with van der Waals surface area (Å²) < 4.78 is 18.7. The highest BCUT2D eigenvalue weighted by Crippen LogP contribution is 2.25. The van der Waals surface area contributed by atoms with Gasteiger partial charge in [-0.05, 0) is 41.8 Å². The fraction of sp³-hybridized carbons (Fsp3) is 0.435. The predicted octanol–water partition coefficient (Wildman–Crippen LogP) is 3.33. The lowest BCUT2D eigenvalue weighted by Gasteiger charge is -2.23. The van der Waals surface area contributed by atoms with Gasteiger partial charge in [-0.25, -0.2) is 4.39 Å². The lowest BCUT2D eigenvalue weighted by atomic mass is 10.0. The van der Waals surface area contributed by atoms with Crippen LogP contribution in [0.5, 0.6) is 5.75 Å². The van der Waals surface area contributed by atoms with Crippen molar-refractivity contribution in [2.24, 2.45) is 0 Å². The first-order valence-corrected chi connectivity index (χ1v) is 10.0. The summed E-state index contributed by atoms with van der Waals surface area (Å²) in [5.74, 6) is 0.667. The van der Waals surface area contributed by atoms with Crippen LogP contribution < -0.4 is 10.1 Å². The zero-order valence-corrected chi connectivity index (χ0v) is 17.4. The molecular weight excluding hydrogens is 371 g/mol. The Bertz CT molecular complexity index is 765. The third-order valence-electron chi connectivity index (χ3n) is 4.66. The quantitative estimate of drug-likeness (QED) is 0.605. The SMILES string of the molecule is CCN(CC(=O)NCc1ccc(F)cc1)C[C@H](O)COc1ccccc1C(C)C. The van der Waals surface area contributed by atoms with Crippen LogP contribution in [0.4, 0.5) is 4.39 Å². The van der Waals surface area contributed by atoms with Crippen molar-refractivity contribution in [3.8, 4) is 5.75 Å². The summed E-state index contributed by atoms with van der Waals surface area (Å²) in [5, 5.41) is 13.2. The first kappa shape index (κ1) is 22.8. The Hall–Kier alpha value is -2.44. The van der Waals surface area contributed by atoms with E-state index in [9.17, 15) is 14.3 Å². The van der Waals surface area contributed by atoms with Gasteiger partial charge in [-0.2, -0.15) is 0 Å². The molecule has 0 heterocycles. The van der Waals surface area contributed by atoms with Crippen LogP contribution in [0.25, 0.3) is 0 Å². The normalized spacial score (nSPS) is 12.2. The largest absolute Gasteiger partial charge is 0.491 e. The Morgan fingerprint density at radius 2 is 1.86 bits per heavy atom. The Kier molecular flexibility index (Phi) is 9.09. The van der Waals surface area contributed by atoms with Crippen molar-refractivity contribution in [1.29, 1.82) is 0 Å². The van der Waals surface area contributed by atoms with E-state index in [-0.39, 0.29) is 24.9 Å². The van der Waals surface area contributed by atoms with Gasteiger partial charge in [0.15, 0.2) is 0 Å². The fourth-order valence-corrected chi connectivity index (χ4v) is 2.99. The van der Waals surface area contributed by atoms with Crippen LogP contribution in [0.3, 0.4) is 0 Å². The van der Waals surface area contributed by atoms with Gasteiger partial charge in [0.1, 0.15) is 24.3 Å². The van der Waals surface area contributed by atoms with Crippen molar-refractivity contribution >= 4 is 5.91 Å². The molecule has 1 atom stereocenters.